The highest BCUT2D eigenvalue weighted by Gasteiger charge is 2.22. The van der Waals surface area contributed by atoms with E-state index in [1.165, 1.54) is 0 Å². The number of aryl methyl sites for hydroxylation is 2. The van der Waals surface area contributed by atoms with Gasteiger partial charge in [0, 0.05) is 31.9 Å². The number of nitrogens with one attached hydrogen (secondary N) is 1. The molecule has 0 radical (unpaired) electrons. The lowest BCUT2D eigenvalue weighted by atomic mass is 10.0. The van der Waals surface area contributed by atoms with Crippen molar-refractivity contribution in [3.05, 3.63) is 57.8 Å². The molecule has 0 unspecified atom stereocenters. The second-order valence-electron chi connectivity index (χ2n) is 7.47. The Morgan fingerprint density at radius 1 is 1.00 bits per heavy atom. The van der Waals surface area contributed by atoms with E-state index in [0.29, 0.717) is 36.5 Å². The predicted molar refractivity (Wildman–Crippen MR) is 123 cm³/mol. The highest BCUT2D eigenvalue weighted by Crippen LogP contribution is 2.22. The fraction of sp³-hybridized carbons (Fsp3) is 0.435. The average molecular weight is 473 g/mol. The molecule has 0 atom stereocenters. The summed E-state index contributed by atoms with van der Waals surface area (Å²) >= 11 is 3.32. The molecule has 0 bridgehead atoms. The molecule has 1 saturated heterocycles. The third kappa shape index (κ3) is 5.67. The third-order valence-electron chi connectivity index (χ3n) is 5.44. The molecule has 1 aromatic heterocycles. The van der Waals surface area contributed by atoms with Gasteiger partial charge in [0.15, 0.2) is 0 Å². The van der Waals surface area contributed by atoms with E-state index in [1.54, 1.807) is 12.1 Å². The van der Waals surface area contributed by atoms with Gasteiger partial charge in [-0.2, -0.15) is 0 Å². The van der Waals surface area contributed by atoms with Crippen LogP contribution in [0.4, 0.5) is 5.69 Å². The van der Waals surface area contributed by atoms with Crippen molar-refractivity contribution in [3.63, 3.8) is 0 Å². The maximum Gasteiger partial charge on any atom is 0.272 e. The SMILES string of the molecule is CCc1cccc(CC)c1NC(=O)CN1CCCN(C(=O)c2cccc(Br)n2)CC1. The van der Waals surface area contributed by atoms with E-state index in [2.05, 4.69) is 57.1 Å². The number of benzene rings is 1. The Morgan fingerprint density at radius 3 is 2.37 bits per heavy atom. The van der Waals surface area contributed by atoms with E-state index in [9.17, 15) is 9.59 Å². The van der Waals surface area contributed by atoms with E-state index in [-0.39, 0.29) is 11.8 Å². The number of hydrogen-bond donors (Lipinski definition) is 1. The number of carbonyl (C=O) groups excluding carboxylic acids is 2. The van der Waals surface area contributed by atoms with Gasteiger partial charge < -0.3 is 10.2 Å². The van der Waals surface area contributed by atoms with Crippen molar-refractivity contribution in [3.8, 4) is 0 Å². The number of carbonyl (C=O) groups is 2. The second-order valence-corrected chi connectivity index (χ2v) is 8.29. The van der Waals surface area contributed by atoms with Crippen molar-refractivity contribution in [2.24, 2.45) is 0 Å². The Bertz CT molecular complexity index is 880. The summed E-state index contributed by atoms with van der Waals surface area (Å²) in [7, 11) is 0. The summed E-state index contributed by atoms with van der Waals surface area (Å²) in [5.41, 5.74) is 3.73. The van der Waals surface area contributed by atoms with Crippen LogP contribution in [0.5, 0.6) is 0 Å². The molecule has 1 aliphatic heterocycles. The molecule has 160 valence electrons. The van der Waals surface area contributed by atoms with E-state index >= 15 is 0 Å². The van der Waals surface area contributed by atoms with Crippen molar-refractivity contribution < 1.29 is 9.59 Å². The summed E-state index contributed by atoms with van der Waals surface area (Å²) in [6.07, 6.45) is 2.60. The lowest BCUT2D eigenvalue weighted by Gasteiger charge is -2.22. The summed E-state index contributed by atoms with van der Waals surface area (Å²) in [6.45, 7) is 7.26. The molecule has 1 aliphatic rings. The summed E-state index contributed by atoms with van der Waals surface area (Å²) in [5.74, 6) is -0.0638. The predicted octanol–water partition coefficient (Wildman–Crippen LogP) is 3.76. The zero-order valence-corrected chi connectivity index (χ0v) is 19.2. The number of pyridine rings is 1. The Morgan fingerprint density at radius 2 is 1.70 bits per heavy atom. The molecule has 2 aromatic rings. The fourth-order valence-corrected chi connectivity index (χ4v) is 4.15. The molecular formula is C23H29BrN4O2. The molecule has 0 spiro atoms. The second kappa shape index (κ2) is 10.7. The first-order chi connectivity index (χ1) is 14.5. The largest absolute Gasteiger partial charge is 0.336 e. The molecule has 0 aliphatic carbocycles. The first-order valence-corrected chi connectivity index (χ1v) is 11.4. The standard InChI is InChI=1S/C23H29BrN4O2/c1-3-17-8-5-9-18(4-2)22(17)26-21(29)16-27-12-7-13-28(15-14-27)23(30)19-10-6-11-20(24)25-19/h5-6,8-11H,3-4,7,12-16H2,1-2H3,(H,26,29). The third-order valence-corrected chi connectivity index (χ3v) is 5.88. The molecular weight excluding hydrogens is 444 g/mol. The van der Waals surface area contributed by atoms with Crippen LogP contribution in [-0.2, 0) is 17.6 Å². The molecule has 3 rings (SSSR count). The molecule has 30 heavy (non-hydrogen) atoms. The Kier molecular flexibility index (Phi) is 7.99. The first kappa shape index (κ1) is 22.4. The van der Waals surface area contributed by atoms with Crippen molar-refractivity contribution >= 4 is 33.4 Å². The van der Waals surface area contributed by atoms with Crippen LogP contribution in [0, 0.1) is 0 Å². The fourth-order valence-electron chi connectivity index (χ4n) is 3.81. The van der Waals surface area contributed by atoms with Gasteiger partial charge >= 0.3 is 0 Å². The lowest BCUT2D eigenvalue weighted by molar-refractivity contribution is -0.117. The summed E-state index contributed by atoms with van der Waals surface area (Å²) in [4.78, 5) is 33.7. The Hall–Kier alpha value is -2.25. The minimum atomic E-state index is -0.0629. The normalized spacial score (nSPS) is 15.0. The summed E-state index contributed by atoms with van der Waals surface area (Å²) in [5, 5.41) is 3.14. The summed E-state index contributed by atoms with van der Waals surface area (Å²) in [6, 6.07) is 11.5. The van der Waals surface area contributed by atoms with E-state index in [0.717, 1.165) is 42.6 Å². The summed E-state index contributed by atoms with van der Waals surface area (Å²) < 4.78 is 0.653. The highest BCUT2D eigenvalue weighted by molar-refractivity contribution is 9.10. The van der Waals surface area contributed by atoms with Gasteiger partial charge in [0.2, 0.25) is 5.91 Å². The van der Waals surface area contributed by atoms with Gasteiger partial charge in [-0.15, -0.1) is 0 Å². The van der Waals surface area contributed by atoms with Crippen LogP contribution >= 0.6 is 15.9 Å². The van der Waals surface area contributed by atoms with Gasteiger partial charge in [0.1, 0.15) is 10.3 Å². The molecule has 7 heteroatoms. The van der Waals surface area contributed by atoms with Crippen LogP contribution in [0.15, 0.2) is 41.0 Å². The van der Waals surface area contributed by atoms with Gasteiger partial charge in [0.05, 0.1) is 6.54 Å². The lowest BCUT2D eigenvalue weighted by Crippen LogP contribution is -2.38. The molecule has 1 fully saturated rings. The number of anilines is 1. The van der Waals surface area contributed by atoms with Gasteiger partial charge in [0.25, 0.3) is 5.91 Å². The number of para-hydroxylation sites is 1. The Balaban J connectivity index is 1.59. The maximum absolute atomic E-state index is 12.8. The molecule has 1 aromatic carbocycles. The van der Waals surface area contributed by atoms with Crippen LogP contribution in [0.1, 0.15) is 41.9 Å². The Labute approximate surface area is 186 Å². The zero-order valence-electron chi connectivity index (χ0n) is 17.7. The van der Waals surface area contributed by atoms with E-state index in [1.807, 2.05) is 17.0 Å². The zero-order chi connectivity index (χ0) is 21.5. The molecule has 1 N–H and O–H groups in total. The van der Waals surface area contributed by atoms with E-state index < -0.39 is 0 Å². The number of nitrogens with zero attached hydrogens (tertiary/aromatic N) is 3. The molecule has 2 amide bonds. The van der Waals surface area contributed by atoms with Crippen molar-refractivity contribution in [1.82, 2.24) is 14.8 Å². The van der Waals surface area contributed by atoms with Crippen molar-refractivity contribution in [1.29, 1.82) is 0 Å². The van der Waals surface area contributed by atoms with Gasteiger partial charge in [-0.05, 0) is 58.5 Å². The highest BCUT2D eigenvalue weighted by atomic mass is 79.9. The molecule has 2 heterocycles. The maximum atomic E-state index is 12.8. The van der Waals surface area contributed by atoms with Crippen molar-refractivity contribution in [2.45, 2.75) is 33.1 Å². The van der Waals surface area contributed by atoms with Crippen LogP contribution in [0.25, 0.3) is 0 Å². The monoisotopic (exact) mass is 472 g/mol. The first-order valence-electron chi connectivity index (χ1n) is 10.6. The van der Waals surface area contributed by atoms with Crippen LogP contribution in [0.2, 0.25) is 0 Å². The van der Waals surface area contributed by atoms with Crippen LogP contribution in [0.3, 0.4) is 0 Å². The number of amides is 2. The smallest absolute Gasteiger partial charge is 0.272 e. The van der Waals surface area contributed by atoms with Gasteiger partial charge in [-0.1, -0.05) is 38.1 Å². The quantitative estimate of drug-likeness (QED) is 0.650. The minimum Gasteiger partial charge on any atom is -0.336 e. The number of rotatable bonds is 6. The van der Waals surface area contributed by atoms with Crippen molar-refractivity contribution in [2.75, 3.05) is 38.0 Å². The van der Waals surface area contributed by atoms with Gasteiger partial charge in [-0.25, -0.2) is 4.98 Å². The van der Waals surface area contributed by atoms with Crippen LogP contribution < -0.4 is 5.32 Å². The van der Waals surface area contributed by atoms with Crippen LogP contribution in [-0.4, -0.2) is 59.3 Å². The van der Waals surface area contributed by atoms with Gasteiger partial charge in [-0.3, -0.25) is 14.5 Å². The number of halogens is 1. The number of hydrogen-bond acceptors (Lipinski definition) is 4. The number of aromatic nitrogens is 1. The average Bonchev–Trinajstić information content (AvgIpc) is 2.98. The molecule has 6 nitrogen and oxygen atoms in total. The van der Waals surface area contributed by atoms with E-state index in [4.69, 9.17) is 0 Å². The minimum absolute atomic E-state index is 0.000895. The molecule has 0 saturated carbocycles. The topological polar surface area (TPSA) is 65.5 Å².